The van der Waals surface area contributed by atoms with Gasteiger partial charge < -0.3 is 30.6 Å². The molecule has 7 aromatic carbocycles. The SMILES string of the molecule is C=CCc1ccccc1O.C=CCc1ccccc1O.C=CCc1ccccc1O.CC(C)(c1ccc(O)cc1)c1ccc(C(C)(c2ccc(O)cc2)c2ccc(O)cc2)cc1.CCC.CCC. The molecule has 0 aliphatic heterocycles. The van der Waals surface area contributed by atoms with Crippen LogP contribution in [0.2, 0.25) is 0 Å². The van der Waals surface area contributed by atoms with Crippen molar-refractivity contribution in [3.63, 3.8) is 0 Å². The van der Waals surface area contributed by atoms with Crippen molar-refractivity contribution in [2.24, 2.45) is 0 Å². The van der Waals surface area contributed by atoms with E-state index in [9.17, 15) is 30.6 Å². The van der Waals surface area contributed by atoms with Crippen LogP contribution in [-0.4, -0.2) is 30.6 Å². The molecule has 0 aliphatic rings. The molecule has 0 saturated heterocycles. The normalized spacial score (nSPS) is 10.2. The lowest BCUT2D eigenvalue weighted by Gasteiger charge is -2.33. The molecule has 0 radical (unpaired) electrons. The Bertz CT molecular complexity index is 2330. The maximum Gasteiger partial charge on any atom is 0.119 e. The van der Waals surface area contributed by atoms with Gasteiger partial charge in [0.2, 0.25) is 0 Å². The fourth-order valence-corrected chi connectivity index (χ4v) is 6.87. The van der Waals surface area contributed by atoms with Gasteiger partial charge in [0, 0.05) is 10.8 Å². The van der Waals surface area contributed by atoms with Crippen LogP contribution in [-0.2, 0) is 30.1 Å². The molecule has 0 heterocycles. The fourth-order valence-electron chi connectivity index (χ4n) is 6.87. The van der Waals surface area contributed by atoms with E-state index in [2.05, 4.69) is 92.5 Å². The number of aromatic hydroxyl groups is 6. The van der Waals surface area contributed by atoms with E-state index in [1.54, 1.807) is 72.8 Å². The summed E-state index contributed by atoms with van der Waals surface area (Å²) < 4.78 is 0. The number of allylic oxidation sites excluding steroid dienone is 3. The van der Waals surface area contributed by atoms with Crippen LogP contribution >= 0.6 is 0 Å². The Hall–Kier alpha value is -7.44. The van der Waals surface area contributed by atoms with E-state index < -0.39 is 5.41 Å². The molecule has 358 valence electrons. The third-order valence-electron chi connectivity index (χ3n) is 10.7. The van der Waals surface area contributed by atoms with Gasteiger partial charge in [-0.1, -0.05) is 188 Å². The summed E-state index contributed by atoms with van der Waals surface area (Å²) in [6, 6.07) is 52.4. The first-order valence-electron chi connectivity index (χ1n) is 23.2. The second-order valence-corrected chi connectivity index (χ2v) is 16.7. The lowest BCUT2D eigenvalue weighted by Crippen LogP contribution is -2.26. The van der Waals surface area contributed by atoms with Gasteiger partial charge in [0.25, 0.3) is 0 Å². The highest BCUT2D eigenvalue weighted by molar-refractivity contribution is 5.52. The molecular weight excluding hydrogens is 841 g/mol. The molecule has 0 aromatic heterocycles. The third-order valence-corrected chi connectivity index (χ3v) is 10.7. The summed E-state index contributed by atoms with van der Waals surface area (Å²) in [6.45, 7) is 25.8. The predicted octanol–water partition coefficient (Wildman–Crippen LogP) is 15.7. The average Bonchev–Trinajstić information content (AvgIpc) is 3.33. The summed E-state index contributed by atoms with van der Waals surface area (Å²) >= 11 is 0. The Morgan fingerprint density at radius 1 is 0.338 bits per heavy atom. The van der Waals surface area contributed by atoms with Crippen LogP contribution in [0.4, 0.5) is 0 Å². The molecule has 0 bridgehead atoms. The van der Waals surface area contributed by atoms with Gasteiger partial charge >= 0.3 is 0 Å². The number of para-hydroxylation sites is 3. The topological polar surface area (TPSA) is 121 Å². The van der Waals surface area contributed by atoms with Crippen molar-refractivity contribution in [3.05, 3.63) is 252 Å². The first kappa shape index (κ1) is 56.7. The number of benzene rings is 7. The number of hydrogen-bond donors (Lipinski definition) is 6. The minimum absolute atomic E-state index is 0.223. The molecule has 0 unspecified atom stereocenters. The van der Waals surface area contributed by atoms with Gasteiger partial charge in [-0.25, -0.2) is 0 Å². The summed E-state index contributed by atoms with van der Waals surface area (Å²) in [5.74, 6) is 1.77. The summed E-state index contributed by atoms with van der Waals surface area (Å²) in [5, 5.41) is 56.8. The molecule has 7 rings (SSSR count). The molecule has 0 atom stereocenters. The van der Waals surface area contributed by atoms with Crippen LogP contribution in [0.3, 0.4) is 0 Å². The Kier molecular flexibility index (Phi) is 25.0. The van der Waals surface area contributed by atoms with E-state index in [0.29, 0.717) is 17.2 Å². The number of hydrogen-bond acceptors (Lipinski definition) is 6. The quantitative estimate of drug-likeness (QED) is 0.0568. The predicted molar refractivity (Wildman–Crippen MR) is 286 cm³/mol. The van der Waals surface area contributed by atoms with Gasteiger partial charge in [-0.2, -0.15) is 0 Å². The number of rotatable bonds is 11. The highest BCUT2D eigenvalue weighted by Gasteiger charge is 2.32. The van der Waals surface area contributed by atoms with E-state index >= 15 is 0 Å². The molecule has 0 spiro atoms. The third kappa shape index (κ3) is 17.7. The summed E-state index contributed by atoms with van der Waals surface area (Å²) in [5.41, 5.74) is 7.60. The van der Waals surface area contributed by atoms with Crippen molar-refractivity contribution in [2.45, 2.75) is 91.4 Å². The molecular formula is C62H74O6. The summed E-state index contributed by atoms with van der Waals surface area (Å²) in [6.07, 6.45) is 10.0. The van der Waals surface area contributed by atoms with Crippen molar-refractivity contribution >= 4 is 0 Å². The lowest BCUT2D eigenvalue weighted by atomic mass is 9.70. The van der Waals surface area contributed by atoms with Crippen LogP contribution in [0, 0.1) is 0 Å². The molecule has 0 saturated carbocycles. The number of phenolic OH excluding ortho intramolecular Hbond substituents is 6. The largest absolute Gasteiger partial charge is 0.508 e. The maximum absolute atomic E-state index is 9.80. The van der Waals surface area contributed by atoms with Crippen molar-refractivity contribution < 1.29 is 30.6 Å². The Labute approximate surface area is 407 Å². The smallest absolute Gasteiger partial charge is 0.119 e. The maximum atomic E-state index is 9.80. The molecule has 68 heavy (non-hydrogen) atoms. The van der Waals surface area contributed by atoms with Gasteiger partial charge in [-0.3, -0.25) is 0 Å². The van der Waals surface area contributed by atoms with Gasteiger partial charge in [-0.05, 0) is 125 Å². The fraction of sp³-hybridized carbons (Fsp3) is 0.226. The van der Waals surface area contributed by atoms with Gasteiger partial charge in [-0.15, -0.1) is 19.7 Å². The van der Waals surface area contributed by atoms with E-state index in [-0.39, 0.29) is 22.7 Å². The monoisotopic (exact) mass is 915 g/mol. The Balaban J connectivity index is 0.000000357. The van der Waals surface area contributed by atoms with E-state index in [4.69, 9.17) is 0 Å². The standard InChI is InChI=1S/C29H28O3.3C9H10O.2C3H8/c1-28(2,21-8-14-25(30)15-9-21)20-4-6-22(7-5-20)29(3,23-10-16-26(31)17-11-23)24-12-18-27(32)19-13-24;3*1-2-5-8-6-3-4-7-9(8)10;2*1-3-2/h4-19,30-32H,1-3H3;3*2-4,6-7,10H,1,5H2;2*3H2,1-2H3. The molecule has 6 heteroatoms. The first-order chi connectivity index (χ1) is 32.6. The summed E-state index contributed by atoms with van der Waals surface area (Å²) in [7, 11) is 0. The molecule has 0 aliphatic carbocycles. The lowest BCUT2D eigenvalue weighted by molar-refractivity contribution is 0.469. The zero-order valence-corrected chi connectivity index (χ0v) is 41.2. The van der Waals surface area contributed by atoms with Crippen molar-refractivity contribution in [1.82, 2.24) is 0 Å². The van der Waals surface area contributed by atoms with Crippen LogP contribution < -0.4 is 0 Å². The van der Waals surface area contributed by atoms with E-state index in [1.807, 2.05) is 91.0 Å². The second-order valence-electron chi connectivity index (χ2n) is 16.7. The Morgan fingerprint density at radius 2 is 0.544 bits per heavy atom. The van der Waals surface area contributed by atoms with E-state index in [1.165, 1.54) is 18.4 Å². The molecule has 6 N–H and O–H groups in total. The average molecular weight is 915 g/mol. The molecule has 7 aromatic rings. The zero-order chi connectivity index (χ0) is 50.5. The van der Waals surface area contributed by atoms with Crippen LogP contribution in [0.5, 0.6) is 34.5 Å². The van der Waals surface area contributed by atoms with Crippen molar-refractivity contribution in [2.75, 3.05) is 0 Å². The minimum Gasteiger partial charge on any atom is -0.508 e. The molecule has 0 amide bonds. The van der Waals surface area contributed by atoms with Gasteiger partial charge in [0.05, 0.1) is 0 Å². The molecule has 6 nitrogen and oxygen atoms in total. The summed E-state index contributed by atoms with van der Waals surface area (Å²) in [4.78, 5) is 0. The Morgan fingerprint density at radius 3 is 0.779 bits per heavy atom. The van der Waals surface area contributed by atoms with Crippen molar-refractivity contribution in [3.8, 4) is 34.5 Å². The second kappa shape index (κ2) is 30.0. The highest BCUT2D eigenvalue weighted by Crippen LogP contribution is 2.41. The minimum atomic E-state index is -0.470. The van der Waals surface area contributed by atoms with Crippen LogP contribution in [0.1, 0.15) is 106 Å². The molecule has 0 fully saturated rings. The van der Waals surface area contributed by atoms with Crippen LogP contribution in [0.15, 0.2) is 208 Å². The zero-order valence-electron chi connectivity index (χ0n) is 41.2. The van der Waals surface area contributed by atoms with E-state index in [0.717, 1.165) is 58.2 Å². The van der Waals surface area contributed by atoms with Gasteiger partial charge in [0.1, 0.15) is 34.5 Å². The van der Waals surface area contributed by atoms with Crippen molar-refractivity contribution in [1.29, 1.82) is 0 Å². The van der Waals surface area contributed by atoms with Crippen LogP contribution in [0.25, 0.3) is 0 Å². The van der Waals surface area contributed by atoms with Gasteiger partial charge in [0.15, 0.2) is 0 Å². The number of phenols is 6. The highest BCUT2D eigenvalue weighted by atomic mass is 16.3. The first-order valence-corrected chi connectivity index (χ1v) is 23.2.